The van der Waals surface area contributed by atoms with Crippen LogP contribution in [0.4, 0.5) is 0 Å². The zero-order valence-electron chi connectivity index (χ0n) is 18.3. The molecule has 6 nitrogen and oxygen atoms in total. The molecule has 6 heteroatoms. The van der Waals surface area contributed by atoms with E-state index in [1.807, 2.05) is 84.9 Å². The summed E-state index contributed by atoms with van der Waals surface area (Å²) in [5, 5.41) is 23.4. The van der Waals surface area contributed by atoms with Crippen LogP contribution in [0, 0.1) is 0 Å². The standard InChI is InChI=1S/C27H28N2O4/c30-24(25(31)27(33)29-17-7-12-23(29)22-10-5-2-6-11-22)26(32)28-18-19-13-15-21(16-14-19)20-8-3-1-4-9-20/h1-6,8-11,13-16,23-25,30-31H,7,12,17-18H2,(H,28,32)/t23?,24-,25-/m1/s1. The SMILES string of the molecule is O=C(NCc1ccc(-c2ccccc2)cc1)[C@H](O)[C@@H](O)C(=O)N1CCCC1c1ccccc1. The maximum Gasteiger partial charge on any atom is 0.255 e. The number of carbonyl (C=O) groups excluding carboxylic acids is 2. The summed E-state index contributed by atoms with van der Waals surface area (Å²) in [6, 6.07) is 27.1. The number of aliphatic hydroxyl groups excluding tert-OH is 2. The minimum absolute atomic E-state index is 0.160. The largest absolute Gasteiger partial charge is 0.380 e. The van der Waals surface area contributed by atoms with Crippen molar-refractivity contribution in [2.75, 3.05) is 6.54 Å². The Morgan fingerprint density at radius 3 is 2.12 bits per heavy atom. The molecule has 1 aliphatic heterocycles. The van der Waals surface area contributed by atoms with Gasteiger partial charge in [-0.1, -0.05) is 84.9 Å². The first kappa shape index (κ1) is 22.7. The summed E-state index contributed by atoms with van der Waals surface area (Å²) in [5.41, 5.74) is 3.99. The number of nitrogens with zero attached hydrogens (tertiary/aromatic N) is 1. The van der Waals surface area contributed by atoms with E-state index >= 15 is 0 Å². The Bertz CT molecular complexity index is 1070. The van der Waals surface area contributed by atoms with Gasteiger partial charge in [-0.15, -0.1) is 0 Å². The van der Waals surface area contributed by atoms with Crippen LogP contribution in [0.1, 0.15) is 30.0 Å². The molecular weight excluding hydrogens is 416 g/mol. The van der Waals surface area contributed by atoms with Crippen LogP contribution in [0.3, 0.4) is 0 Å². The van der Waals surface area contributed by atoms with Gasteiger partial charge in [-0.2, -0.15) is 0 Å². The number of hydrogen-bond acceptors (Lipinski definition) is 4. The zero-order chi connectivity index (χ0) is 23.2. The Morgan fingerprint density at radius 1 is 0.848 bits per heavy atom. The van der Waals surface area contributed by atoms with Gasteiger partial charge in [0.05, 0.1) is 6.04 Å². The summed E-state index contributed by atoms with van der Waals surface area (Å²) in [6.45, 7) is 0.666. The van der Waals surface area contributed by atoms with E-state index in [1.54, 1.807) is 4.90 Å². The van der Waals surface area contributed by atoms with E-state index < -0.39 is 24.0 Å². The van der Waals surface area contributed by atoms with Gasteiger partial charge in [0.25, 0.3) is 11.8 Å². The Kier molecular flexibility index (Phi) is 7.17. The lowest BCUT2D eigenvalue weighted by Gasteiger charge is -2.28. The second-order valence-electron chi connectivity index (χ2n) is 8.27. The number of aliphatic hydroxyl groups is 2. The molecule has 1 heterocycles. The number of hydrogen-bond donors (Lipinski definition) is 3. The molecule has 0 spiro atoms. The molecule has 3 aromatic carbocycles. The van der Waals surface area contributed by atoms with Crippen LogP contribution in [-0.4, -0.2) is 45.7 Å². The maximum absolute atomic E-state index is 12.9. The average Bonchev–Trinajstić information content (AvgIpc) is 3.37. The Hall–Kier alpha value is -3.48. The molecule has 2 amide bonds. The van der Waals surface area contributed by atoms with E-state index in [0.29, 0.717) is 6.54 Å². The molecule has 0 radical (unpaired) electrons. The van der Waals surface area contributed by atoms with Crippen molar-refractivity contribution < 1.29 is 19.8 Å². The fourth-order valence-electron chi connectivity index (χ4n) is 4.24. The van der Waals surface area contributed by atoms with Crippen LogP contribution >= 0.6 is 0 Å². The van der Waals surface area contributed by atoms with Crippen molar-refractivity contribution in [1.29, 1.82) is 0 Å². The van der Waals surface area contributed by atoms with E-state index in [-0.39, 0.29) is 12.6 Å². The van der Waals surface area contributed by atoms with Crippen molar-refractivity contribution >= 4 is 11.8 Å². The minimum Gasteiger partial charge on any atom is -0.380 e. The van der Waals surface area contributed by atoms with E-state index in [1.165, 1.54) is 0 Å². The van der Waals surface area contributed by atoms with E-state index in [9.17, 15) is 19.8 Å². The van der Waals surface area contributed by atoms with Gasteiger partial charge in [0, 0.05) is 13.1 Å². The van der Waals surface area contributed by atoms with Crippen molar-refractivity contribution in [2.45, 2.75) is 37.6 Å². The Balaban J connectivity index is 1.33. The van der Waals surface area contributed by atoms with Gasteiger partial charge in [-0.3, -0.25) is 9.59 Å². The molecule has 0 bridgehead atoms. The van der Waals surface area contributed by atoms with Crippen LogP contribution in [-0.2, 0) is 16.1 Å². The smallest absolute Gasteiger partial charge is 0.255 e. The second kappa shape index (κ2) is 10.4. The fraction of sp³-hybridized carbons (Fsp3) is 0.259. The second-order valence-corrected chi connectivity index (χ2v) is 8.27. The Labute approximate surface area is 193 Å². The molecular formula is C27H28N2O4. The first-order chi connectivity index (χ1) is 16.0. The molecule has 170 valence electrons. The van der Waals surface area contributed by atoms with Crippen LogP contribution in [0.2, 0.25) is 0 Å². The normalized spacial score (nSPS) is 17.4. The predicted octanol–water partition coefficient (Wildman–Crippen LogP) is 3.06. The van der Waals surface area contributed by atoms with Gasteiger partial charge >= 0.3 is 0 Å². The van der Waals surface area contributed by atoms with Gasteiger partial charge in [-0.25, -0.2) is 0 Å². The summed E-state index contributed by atoms with van der Waals surface area (Å²) in [5.74, 6) is -1.41. The molecule has 3 atom stereocenters. The molecule has 1 saturated heterocycles. The molecule has 0 aliphatic carbocycles. The third-order valence-corrected chi connectivity index (χ3v) is 6.07. The first-order valence-electron chi connectivity index (χ1n) is 11.2. The number of likely N-dealkylation sites (tertiary alicyclic amines) is 1. The van der Waals surface area contributed by atoms with Crippen molar-refractivity contribution in [2.24, 2.45) is 0 Å². The molecule has 0 aromatic heterocycles. The van der Waals surface area contributed by atoms with Crippen LogP contribution in [0.15, 0.2) is 84.9 Å². The number of benzene rings is 3. The molecule has 4 rings (SSSR count). The lowest BCUT2D eigenvalue weighted by atomic mass is 10.0. The van der Waals surface area contributed by atoms with Crippen molar-refractivity contribution in [1.82, 2.24) is 10.2 Å². The molecule has 3 N–H and O–H groups in total. The highest BCUT2D eigenvalue weighted by Gasteiger charge is 2.38. The van der Waals surface area contributed by atoms with Crippen LogP contribution in [0.5, 0.6) is 0 Å². The van der Waals surface area contributed by atoms with Crippen LogP contribution < -0.4 is 5.32 Å². The van der Waals surface area contributed by atoms with Crippen molar-refractivity contribution in [3.63, 3.8) is 0 Å². The number of carbonyl (C=O) groups is 2. The lowest BCUT2D eigenvalue weighted by Crippen LogP contribution is -2.50. The summed E-state index contributed by atoms with van der Waals surface area (Å²) < 4.78 is 0. The van der Waals surface area contributed by atoms with Gasteiger partial charge in [0.1, 0.15) is 0 Å². The summed E-state index contributed by atoms with van der Waals surface area (Å²) in [7, 11) is 0. The molecule has 0 saturated carbocycles. The van der Waals surface area contributed by atoms with Crippen molar-refractivity contribution in [3.8, 4) is 11.1 Å². The third-order valence-electron chi connectivity index (χ3n) is 6.07. The first-order valence-corrected chi connectivity index (χ1v) is 11.2. The van der Waals surface area contributed by atoms with Gasteiger partial charge < -0.3 is 20.4 Å². The number of amides is 2. The van der Waals surface area contributed by atoms with E-state index in [0.717, 1.165) is 35.1 Å². The van der Waals surface area contributed by atoms with E-state index in [2.05, 4.69) is 5.32 Å². The highest BCUT2D eigenvalue weighted by Crippen LogP contribution is 2.32. The van der Waals surface area contributed by atoms with Crippen LogP contribution in [0.25, 0.3) is 11.1 Å². The van der Waals surface area contributed by atoms with Crippen molar-refractivity contribution in [3.05, 3.63) is 96.1 Å². The fourth-order valence-corrected chi connectivity index (χ4v) is 4.24. The summed E-state index contributed by atoms with van der Waals surface area (Å²) in [6.07, 6.45) is -2.06. The Morgan fingerprint density at radius 2 is 1.45 bits per heavy atom. The quantitative estimate of drug-likeness (QED) is 0.523. The molecule has 1 aliphatic rings. The highest BCUT2D eigenvalue weighted by atomic mass is 16.3. The summed E-state index contributed by atoms with van der Waals surface area (Å²) >= 11 is 0. The highest BCUT2D eigenvalue weighted by molar-refractivity contribution is 5.91. The van der Waals surface area contributed by atoms with Gasteiger partial charge in [0.2, 0.25) is 0 Å². The molecule has 1 fully saturated rings. The molecule has 33 heavy (non-hydrogen) atoms. The third kappa shape index (κ3) is 5.30. The minimum atomic E-state index is -1.84. The molecule has 3 aromatic rings. The maximum atomic E-state index is 12.9. The number of nitrogens with one attached hydrogen (secondary N) is 1. The lowest BCUT2D eigenvalue weighted by molar-refractivity contribution is -0.153. The zero-order valence-corrected chi connectivity index (χ0v) is 18.3. The predicted molar refractivity (Wildman–Crippen MR) is 126 cm³/mol. The monoisotopic (exact) mass is 444 g/mol. The van der Waals surface area contributed by atoms with E-state index in [4.69, 9.17) is 0 Å². The molecule has 1 unspecified atom stereocenters. The van der Waals surface area contributed by atoms with Gasteiger partial charge in [-0.05, 0) is 35.1 Å². The summed E-state index contributed by atoms with van der Waals surface area (Å²) in [4.78, 5) is 26.8. The average molecular weight is 445 g/mol. The topological polar surface area (TPSA) is 89.9 Å². The van der Waals surface area contributed by atoms with Gasteiger partial charge in [0.15, 0.2) is 12.2 Å². The number of rotatable bonds is 7.